The van der Waals surface area contributed by atoms with Crippen LogP contribution in [0.25, 0.3) is 0 Å². The molecule has 0 spiro atoms. The Bertz CT molecular complexity index is 874. The second-order valence-electron chi connectivity index (χ2n) is 7.27. The van der Waals surface area contributed by atoms with Crippen LogP contribution >= 0.6 is 11.6 Å². The number of alkyl halides is 6. The van der Waals surface area contributed by atoms with Crippen molar-refractivity contribution >= 4 is 23.5 Å². The molecule has 0 aliphatic carbocycles. The molecule has 15 heteroatoms. The van der Waals surface area contributed by atoms with Crippen LogP contribution in [0.3, 0.4) is 0 Å². The lowest BCUT2D eigenvalue weighted by Gasteiger charge is -2.54. The van der Waals surface area contributed by atoms with Crippen molar-refractivity contribution in [2.45, 2.75) is 43.6 Å². The maximum atomic E-state index is 14.8. The molecule has 0 saturated carbocycles. The van der Waals surface area contributed by atoms with Gasteiger partial charge in [-0.1, -0.05) is 17.7 Å². The number of piperidine rings is 1. The van der Waals surface area contributed by atoms with Crippen LogP contribution in [0.5, 0.6) is 0 Å². The molecule has 1 aromatic carbocycles. The number of carbonyl (C=O) groups excluding carboxylic acids is 2. The Hall–Kier alpha value is -2.16. The van der Waals surface area contributed by atoms with Crippen LogP contribution in [0.4, 0.5) is 30.7 Å². The highest BCUT2D eigenvalue weighted by molar-refractivity contribution is 6.31. The lowest BCUT2D eigenvalue weighted by Crippen LogP contribution is -2.81. The number of esters is 2. The Morgan fingerprint density at radius 1 is 0.971 bits per heavy atom. The summed E-state index contributed by atoms with van der Waals surface area (Å²) in [6, 6.07) is 2.41. The zero-order valence-electron chi connectivity index (χ0n) is 17.4. The maximum Gasteiger partial charge on any atom is 0.432 e. The Morgan fingerprint density at radius 3 is 1.71 bits per heavy atom. The minimum absolute atomic E-state index is 0.590. The highest BCUT2D eigenvalue weighted by atomic mass is 35.5. The molecule has 3 N–H and O–H groups in total. The number of aliphatic hydroxyl groups is 2. The molecule has 1 fully saturated rings. The number of hydrogen-bond donors (Lipinski definition) is 3. The van der Waals surface area contributed by atoms with Gasteiger partial charge in [-0.3, -0.25) is 9.59 Å². The molecule has 0 amide bonds. The van der Waals surface area contributed by atoms with Gasteiger partial charge in [-0.25, -0.2) is 9.71 Å². The summed E-state index contributed by atoms with van der Waals surface area (Å²) >= 11 is 5.88. The summed E-state index contributed by atoms with van der Waals surface area (Å²) < 4.78 is 108. The quantitative estimate of drug-likeness (QED) is 0.401. The summed E-state index contributed by atoms with van der Waals surface area (Å²) in [5.41, 5.74) is -10.9. The number of ether oxygens (including phenoxy) is 2. The molecule has 1 aromatic rings. The summed E-state index contributed by atoms with van der Waals surface area (Å²) in [4.78, 5) is 25.3. The smallest absolute Gasteiger partial charge is 0.432 e. The molecule has 7 nitrogen and oxygen atoms in total. The van der Waals surface area contributed by atoms with Gasteiger partial charge in [0.1, 0.15) is 17.7 Å². The van der Waals surface area contributed by atoms with Crippen molar-refractivity contribution in [1.82, 2.24) is 5.32 Å². The first-order chi connectivity index (χ1) is 15.5. The zero-order valence-corrected chi connectivity index (χ0v) is 18.2. The normalized spacial score (nSPS) is 30.1. The molecular weight excluding hydrogens is 507 g/mol. The van der Waals surface area contributed by atoms with Crippen molar-refractivity contribution in [3.63, 3.8) is 0 Å². The van der Waals surface area contributed by atoms with Crippen LogP contribution in [0.1, 0.15) is 25.3 Å². The molecule has 192 valence electrons. The Labute approximate surface area is 192 Å². The summed E-state index contributed by atoms with van der Waals surface area (Å²) in [7, 11) is 0. The molecule has 0 aromatic heterocycles. The van der Waals surface area contributed by atoms with E-state index in [4.69, 9.17) is 11.6 Å². The molecule has 1 aliphatic rings. The van der Waals surface area contributed by atoms with Gasteiger partial charge in [-0.2, -0.15) is 26.3 Å². The van der Waals surface area contributed by atoms with Gasteiger partial charge in [-0.05, 0) is 26.0 Å². The van der Waals surface area contributed by atoms with Gasteiger partial charge in [0.2, 0.25) is 11.4 Å². The average Bonchev–Trinajstić information content (AvgIpc) is 2.66. The van der Waals surface area contributed by atoms with Gasteiger partial charge in [0.25, 0.3) is 0 Å². The van der Waals surface area contributed by atoms with E-state index in [-0.39, 0.29) is 0 Å². The summed E-state index contributed by atoms with van der Waals surface area (Å²) in [5, 5.41) is 20.8. The van der Waals surface area contributed by atoms with Crippen molar-refractivity contribution in [1.29, 1.82) is 0 Å². The summed E-state index contributed by atoms with van der Waals surface area (Å²) in [5.74, 6) is -14.5. The van der Waals surface area contributed by atoms with Gasteiger partial charge in [0.05, 0.1) is 13.2 Å². The number of rotatable bonds is 5. The van der Waals surface area contributed by atoms with Gasteiger partial charge in [0.15, 0.2) is 0 Å². The van der Waals surface area contributed by atoms with E-state index in [1.807, 2.05) is 0 Å². The minimum Gasteiger partial charge on any atom is -0.466 e. The van der Waals surface area contributed by atoms with Crippen molar-refractivity contribution in [3.8, 4) is 0 Å². The zero-order chi connectivity index (χ0) is 26.3. The SMILES string of the molecule is CCOC(=O)[C@@H]1C(c2c(F)cccc2Cl)[C@H](C(=O)OCC)[C@](O)(C(F)(F)F)N[C@@]1(O)C(F)(F)F. The summed E-state index contributed by atoms with van der Waals surface area (Å²) in [6.45, 7) is 1.07. The average molecular weight is 526 g/mol. The fourth-order valence-electron chi connectivity index (χ4n) is 3.91. The van der Waals surface area contributed by atoms with Gasteiger partial charge in [0, 0.05) is 16.5 Å². The van der Waals surface area contributed by atoms with Gasteiger partial charge >= 0.3 is 24.3 Å². The highest BCUT2D eigenvalue weighted by Gasteiger charge is 2.78. The standard InChI is InChI=1S/C19H19ClF7NO6/c1-3-33-14(29)12-11(10-8(20)6-5-7-9(10)21)13(15(30)34-4-2)17(32,19(25,26)27)28-16(12,31)18(22,23)24/h5-7,11-13,28,31-32H,3-4H2,1-2H3/t11?,12-,13+,16-,17-/m0/s1. The second-order valence-corrected chi connectivity index (χ2v) is 7.68. The fourth-order valence-corrected chi connectivity index (χ4v) is 4.20. The van der Waals surface area contributed by atoms with Crippen LogP contribution in [0, 0.1) is 17.7 Å². The van der Waals surface area contributed by atoms with Gasteiger partial charge < -0.3 is 19.7 Å². The number of nitrogens with one attached hydrogen (secondary N) is 1. The first kappa shape index (κ1) is 28.1. The Kier molecular flexibility index (Phi) is 7.82. The van der Waals surface area contributed by atoms with E-state index in [1.165, 1.54) is 0 Å². The van der Waals surface area contributed by atoms with Gasteiger partial charge in [-0.15, -0.1) is 0 Å². The molecule has 1 saturated heterocycles. The first-order valence-electron chi connectivity index (χ1n) is 9.62. The van der Waals surface area contributed by atoms with Crippen LogP contribution in [-0.2, 0) is 19.1 Å². The molecule has 2 rings (SSSR count). The highest BCUT2D eigenvalue weighted by Crippen LogP contribution is 2.56. The van der Waals surface area contributed by atoms with Crippen LogP contribution in [0.15, 0.2) is 18.2 Å². The van der Waals surface area contributed by atoms with Crippen LogP contribution in [-0.4, -0.2) is 59.2 Å². The van der Waals surface area contributed by atoms with E-state index in [0.717, 1.165) is 26.0 Å². The largest absolute Gasteiger partial charge is 0.466 e. The minimum atomic E-state index is -6.08. The van der Waals surface area contributed by atoms with E-state index in [0.29, 0.717) is 11.4 Å². The van der Waals surface area contributed by atoms with E-state index >= 15 is 0 Å². The maximum absolute atomic E-state index is 14.8. The third kappa shape index (κ3) is 4.55. The number of benzene rings is 1. The third-order valence-electron chi connectivity index (χ3n) is 5.28. The molecule has 0 bridgehead atoms. The molecular formula is C19H19ClF7NO6. The molecule has 1 aliphatic heterocycles. The third-order valence-corrected chi connectivity index (χ3v) is 5.61. The van der Waals surface area contributed by atoms with E-state index in [9.17, 15) is 50.5 Å². The topological polar surface area (TPSA) is 105 Å². The Morgan fingerprint density at radius 2 is 1.38 bits per heavy atom. The number of halogens is 8. The Balaban J connectivity index is 3.06. The van der Waals surface area contributed by atoms with E-state index in [2.05, 4.69) is 9.47 Å². The fraction of sp³-hybridized carbons (Fsp3) is 0.579. The van der Waals surface area contributed by atoms with Crippen LogP contribution in [0.2, 0.25) is 5.02 Å². The van der Waals surface area contributed by atoms with E-state index < -0.39 is 83.1 Å². The monoisotopic (exact) mass is 525 g/mol. The predicted molar refractivity (Wildman–Crippen MR) is 99.5 cm³/mol. The number of hydrogen-bond acceptors (Lipinski definition) is 7. The molecule has 34 heavy (non-hydrogen) atoms. The lowest BCUT2D eigenvalue weighted by atomic mass is 9.64. The predicted octanol–water partition coefficient (Wildman–Crippen LogP) is 3.03. The number of carbonyl (C=O) groups is 2. The van der Waals surface area contributed by atoms with Crippen LogP contribution < -0.4 is 5.32 Å². The van der Waals surface area contributed by atoms with E-state index in [1.54, 1.807) is 0 Å². The first-order valence-corrected chi connectivity index (χ1v) is 10.00. The van der Waals surface area contributed by atoms with Crippen molar-refractivity contribution in [2.75, 3.05) is 13.2 Å². The molecule has 1 heterocycles. The molecule has 5 atom stereocenters. The molecule has 1 unspecified atom stereocenters. The van der Waals surface area contributed by atoms with Crippen molar-refractivity contribution < 1.29 is 60.0 Å². The van der Waals surface area contributed by atoms with Crippen molar-refractivity contribution in [2.24, 2.45) is 11.8 Å². The second kappa shape index (κ2) is 9.47. The summed E-state index contributed by atoms with van der Waals surface area (Å²) in [6.07, 6.45) is -12.2. The molecule has 0 radical (unpaired) electrons. The lowest BCUT2D eigenvalue weighted by molar-refractivity contribution is -0.376. The van der Waals surface area contributed by atoms with Crippen molar-refractivity contribution in [3.05, 3.63) is 34.6 Å².